The Hall–Kier alpha value is -2.63. The van der Waals surface area contributed by atoms with Crippen molar-refractivity contribution in [2.24, 2.45) is 0 Å². The highest BCUT2D eigenvalue weighted by atomic mass is 16.5. The zero-order chi connectivity index (χ0) is 17.5. The Morgan fingerprint density at radius 3 is 2.88 bits per heavy atom. The van der Waals surface area contributed by atoms with E-state index in [2.05, 4.69) is 17.2 Å². The van der Waals surface area contributed by atoms with Gasteiger partial charge in [-0.1, -0.05) is 19.4 Å². The van der Waals surface area contributed by atoms with Crippen LogP contribution >= 0.6 is 0 Å². The molecule has 1 N–H and O–H groups in total. The summed E-state index contributed by atoms with van der Waals surface area (Å²) in [5.41, 5.74) is 1.51. The number of esters is 1. The van der Waals surface area contributed by atoms with Crippen LogP contribution in [0.2, 0.25) is 0 Å². The molecule has 2 aromatic heterocycles. The Morgan fingerprint density at radius 1 is 1.38 bits per heavy atom. The number of aryl methyl sites for hydroxylation is 1. The lowest BCUT2D eigenvalue weighted by molar-refractivity contribution is -0.137. The molecule has 0 saturated carbocycles. The van der Waals surface area contributed by atoms with Crippen LogP contribution in [0.15, 0.2) is 29.1 Å². The SMILES string of the molecule is CCCCNc1nc2cccc(C)n2c(=O)c1/C=C/C(=O)OCC. The Bertz CT molecular complexity index is 809. The van der Waals surface area contributed by atoms with Gasteiger partial charge in [0.25, 0.3) is 5.56 Å². The van der Waals surface area contributed by atoms with Gasteiger partial charge in [0, 0.05) is 18.3 Å². The highest BCUT2D eigenvalue weighted by molar-refractivity contribution is 5.88. The molecule has 0 unspecified atom stereocenters. The summed E-state index contributed by atoms with van der Waals surface area (Å²) in [5.74, 6) is 0.00545. The lowest BCUT2D eigenvalue weighted by atomic mass is 10.2. The number of rotatable bonds is 7. The topological polar surface area (TPSA) is 72.7 Å². The zero-order valence-corrected chi connectivity index (χ0v) is 14.3. The average molecular weight is 329 g/mol. The molecule has 24 heavy (non-hydrogen) atoms. The van der Waals surface area contributed by atoms with Crippen molar-refractivity contribution in [1.82, 2.24) is 9.38 Å². The standard InChI is InChI=1S/C18H23N3O3/c1-4-6-12-19-17-14(10-11-16(22)24-5-2)18(23)21-13(3)8-7-9-15(21)20-17/h7-11,19H,4-6,12H2,1-3H3/b11-10+. The molecule has 128 valence electrons. The first kappa shape index (κ1) is 17.7. The molecular weight excluding hydrogens is 306 g/mol. The molecule has 0 amide bonds. The number of nitrogens with zero attached hydrogens (tertiary/aromatic N) is 2. The molecule has 6 heteroatoms. The summed E-state index contributed by atoms with van der Waals surface area (Å²) in [7, 11) is 0. The highest BCUT2D eigenvalue weighted by Crippen LogP contribution is 2.14. The Kier molecular flexibility index (Phi) is 6.12. The molecule has 0 spiro atoms. The molecule has 0 saturated heterocycles. The number of nitrogens with one attached hydrogen (secondary N) is 1. The fraction of sp³-hybridized carbons (Fsp3) is 0.389. The maximum atomic E-state index is 12.9. The Morgan fingerprint density at radius 2 is 2.17 bits per heavy atom. The van der Waals surface area contributed by atoms with E-state index in [1.807, 2.05) is 19.1 Å². The van der Waals surface area contributed by atoms with E-state index < -0.39 is 5.97 Å². The third-order valence-electron chi connectivity index (χ3n) is 3.57. The molecule has 2 heterocycles. The molecule has 0 aliphatic carbocycles. The van der Waals surface area contributed by atoms with Gasteiger partial charge in [-0.15, -0.1) is 0 Å². The number of fused-ring (bicyclic) bond motifs is 1. The molecule has 0 aromatic carbocycles. The monoisotopic (exact) mass is 329 g/mol. The van der Waals surface area contributed by atoms with Gasteiger partial charge < -0.3 is 10.1 Å². The molecule has 0 aliphatic rings. The molecule has 0 aliphatic heterocycles. The minimum Gasteiger partial charge on any atom is -0.463 e. The number of hydrogen-bond acceptors (Lipinski definition) is 5. The summed E-state index contributed by atoms with van der Waals surface area (Å²) in [6.45, 7) is 6.68. The molecule has 2 aromatic rings. The van der Waals surface area contributed by atoms with Gasteiger partial charge in [0.1, 0.15) is 11.5 Å². The van der Waals surface area contributed by atoms with Gasteiger partial charge in [-0.05, 0) is 38.5 Å². The van der Waals surface area contributed by atoms with E-state index in [0.29, 0.717) is 30.2 Å². The van der Waals surface area contributed by atoms with Crippen molar-refractivity contribution >= 4 is 23.5 Å². The van der Waals surface area contributed by atoms with Gasteiger partial charge in [-0.25, -0.2) is 9.78 Å². The second-order valence-corrected chi connectivity index (χ2v) is 5.41. The van der Waals surface area contributed by atoms with Crippen LogP contribution in [0.25, 0.3) is 11.7 Å². The summed E-state index contributed by atoms with van der Waals surface area (Å²) < 4.78 is 6.42. The first-order valence-corrected chi connectivity index (χ1v) is 8.19. The number of hydrogen-bond donors (Lipinski definition) is 1. The Labute approximate surface area is 141 Å². The lowest BCUT2D eigenvalue weighted by Crippen LogP contribution is -2.22. The van der Waals surface area contributed by atoms with Gasteiger partial charge in [0.2, 0.25) is 0 Å². The number of carbonyl (C=O) groups excluding carboxylic acids is 1. The minimum absolute atomic E-state index is 0.211. The van der Waals surface area contributed by atoms with E-state index in [1.165, 1.54) is 16.6 Å². The van der Waals surface area contributed by atoms with Crippen LogP contribution in [-0.2, 0) is 9.53 Å². The third kappa shape index (κ3) is 4.01. The fourth-order valence-electron chi connectivity index (χ4n) is 2.36. The van der Waals surface area contributed by atoms with E-state index in [1.54, 1.807) is 13.0 Å². The van der Waals surface area contributed by atoms with E-state index in [-0.39, 0.29) is 5.56 Å². The minimum atomic E-state index is -0.480. The predicted molar refractivity (Wildman–Crippen MR) is 95.3 cm³/mol. The first-order chi connectivity index (χ1) is 11.6. The van der Waals surface area contributed by atoms with Gasteiger partial charge in [0.05, 0.1) is 12.2 Å². The molecule has 0 atom stereocenters. The summed E-state index contributed by atoms with van der Waals surface area (Å²) in [6.07, 6.45) is 4.74. The van der Waals surface area contributed by atoms with Crippen LogP contribution in [0.5, 0.6) is 0 Å². The lowest BCUT2D eigenvalue weighted by Gasteiger charge is -2.11. The van der Waals surface area contributed by atoms with Crippen LogP contribution in [0.4, 0.5) is 5.82 Å². The average Bonchev–Trinajstić information content (AvgIpc) is 2.54. The molecule has 0 bridgehead atoms. The summed E-state index contributed by atoms with van der Waals surface area (Å²) in [4.78, 5) is 29.0. The number of carbonyl (C=O) groups is 1. The van der Waals surface area contributed by atoms with E-state index >= 15 is 0 Å². The maximum absolute atomic E-state index is 12.9. The van der Waals surface area contributed by atoms with Crippen LogP contribution in [0.3, 0.4) is 0 Å². The van der Waals surface area contributed by atoms with Gasteiger partial charge in [0.15, 0.2) is 0 Å². The van der Waals surface area contributed by atoms with Crippen molar-refractivity contribution in [3.8, 4) is 0 Å². The molecule has 0 fully saturated rings. The summed E-state index contributed by atoms with van der Waals surface area (Å²) >= 11 is 0. The van der Waals surface area contributed by atoms with Crippen LogP contribution < -0.4 is 10.9 Å². The quantitative estimate of drug-likeness (QED) is 0.480. The van der Waals surface area contributed by atoms with Gasteiger partial charge in [-0.2, -0.15) is 0 Å². The molecule has 2 rings (SSSR count). The maximum Gasteiger partial charge on any atom is 0.330 e. The van der Waals surface area contributed by atoms with Crippen molar-refractivity contribution in [1.29, 1.82) is 0 Å². The van der Waals surface area contributed by atoms with E-state index in [4.69, 9.17) is 4.74 Å². The predicted octanol–water partition coefficient (Wildman–Crippen LogP) is 2.79. The van der Waals surface area contributed by atoms with Crippen molar-refractivity contribution in [2.45, 2.75) is 33.6 Å². The van der Waals surface area contributed by atoms with Crippen molar-refractivity contribution in [2.75, 3.05) is 18.5 Å². The number of anilines is 1. The smallest absolute Gasteiger partial charge is 0.330 e. The van der Waals surface area contributed by atoms with E-state index in [0.717, 1.165) is 18.5 Å². The number of ether oxygens (including phenoxy) is 1. The fourth-order valence-corrected chi connectivity index (χ4v) is 2.36. The second-order valence-electron chi connectivity index (χ2n) is 5.41. The van der Waals surface area contributed by atoms with E-state index in [9.17, 15) is 9.59 Å². The zero-order valence-electron chi connectivity index (χ0n) is 14.3. The molecule has 6 nitrogen and oxygen atoms in total. The van der Waals surface area contributed by atoms with Crippen molar-refractivity contribution in [3.63, 3.8) is 0 Å². The molecular formula is C18H23N3O3. The van der Waals surface area contributed by atoms with Crippen LogP contribution in [0, 0.1) is 6.92 Å². The summed E-state index contributed by atoms with van der Waals surface area (Å²) in [5, 5.41) is 3.19. The van der Waals surface area contributed by atoms with Crippen LogP contribution in [0.1, 0.15) is 37.9 Å². The van der Waals surface area contributed by atoms with Gasteiger partial charge >= 0.3 is 5.97 Å². The first-order valence-electron chi connectivity index (χ1n) is 8.19. The molecule has 0 radical (unpaired) electrons. The normalized spacial score (nSPS) is 11.1. The Balaban J connectivity index is 2.53. The largest absolute Gasteiger partial charge is 0.463 e. The number of aromatic nitrogens is 2. The van der Waals surface area contributed by atoms with Crippen LogP contribution in [-0.4, -0.2) is 28.5 Å². The summed E-state index contributed by atoms with van der Waals surface area (Å²) in [6, 6.07) is 5.50. The van der Waals surface area contributed by atoms with Crippen molar-refractivity contribution in [3.05, 3.63) is 45.9 Å². The third-order valence-corrected chi connectivity index (χ3v) is 3.57. The highest BCUT2D eigenvalue weighted by Gasteiger charge is 2.12. The van der Waals surface area contributed by atoms with Gasteiger partial charge in [-0.3, -0.25) is 9.20 Å². The second kappa shape index (κ2) is 8.29. The number of unbranched alkanes of at least 4 members (excludes halogenated alkanes) is 1. The number of pyridine rings is 1. The van der Waals surface area contributed by atoms with Crippen molar-refractivity contribution < 1.29 is 9.53 Å².